The van der Waals surface area contributed by atoms with Crippen molar-refractivity contribution in [2.24, 2.45) is 46.2 Å². The van der Waals surface area contributed by atoms with Crippen LogP contribution >= 0.6 is 0 Å². The number of nitrogens with one attached hydrogen (secondary N) is 1. The molecule has 11 atom stereocenters. The molecule has 1 unspecified atom stereocenters. The molecule has 0 bridgehead atoms. The number of allylic oxidation sites excluding steroid dienone is 1. The second kappa shape index (κ2) is 21.1. The minimum absolute atomic E-state index is 0.00434. The van der Waals surface area contributed by atoms with Crippen molar-refractivity contribution in [1.29, 1.82) is 0 Å². The first kappa shape index (κ1) is 45.9. The molecule has 2 aliphatic heterocycles. The number of hydrogen-bond donors (Lipinski definition) is 8. The molecule has 2 aromatic rings. The molecule has 342 valence electrons. The van der Waals surface area contributed by atoms with Gasteiger partial charge in [0.2, 0.25) is 5.70 Å². The molecule has 8 rings (SSSR count). The van der Waals surface area contributed by atoms with Gasteiger partial charge in [-0.2, -0.15) is 0 Å². The van der Waals surface area contributed by atoms with Gasteiger partial charge in [-0.15, -0.1) is 16.6 Å². The number of aromatic hydroxyl groups is 1. The van der Waals surface area contributed by atoms with Crippen molar-refractivity contribution >= 4 is 11.8 Å². The Bertz CT molecular complexity index is 1980. The Hall–Kier alpha value is -3.65. The predicted molar refractivity (Wildman–Crippen MR) is 246 cm³/mol. The lowest BCUT2D eigenvalue weighted by Gasteiger charge is -2.41. The van der Waals surface area contributed by atoms with Gasteiger partial charge in [0.05, 0.1) is 30.8 Å². The summed E-state index contributed by atoms with van der Waals surface area (Å²) in [5.41, 5.74) is 13.2. The largest absolute Gasteiger partial charge is 0.504 e. The minimum Gasteiger partial charge on any atom is -0.504 e. The minimum atomic E-state index is -0.939. The fourth-order valence-electron chi connectivity index (χ4n) is 11.8. The molecule has 11 heteroatoms. The van der Waals surface area contributed by atoms with Crippen LogP contribution in [0.15, 0.2) is 70.9 Å². The van der Waals surface area contributed by atoms with Gasteiger partial charge in [0, 0.05) is 44.5 Å². The third-order valence-corrected chi connectivity index (χ3v) is 15.2. The van der Waals surface area contributed by atoms with Gasteiger partial charge in [-0.1, -0.05) is 62.5 Å². The molecule has 0 aromatic heterocycles. The molecule has 4 aliphatic carbocycles. The number of benzene rings is 2. The summed E-state index contributed by atoms with van der Waals surface area (Å²) in [6.45, 7) is 3.10. The number of rotatable bonds is 19. The molecular weight excluding hydrogens is 795 g/mol. The van der Waals surface area contributed by atoms with E-state index in [2.05, 4.69) is 23.5 Å². The zero-order chi connectivity index (χ0) is 44.0. The van der Waals surface area contributed by atoms with Gasteiger partial charge in [0.1, 0.15) is 30.4 Å². The molecule has 0 saturated heterocycles. The van der Waals surface area contributed by atoms with Crippen molar-refractivity contribution < 1.29 is 40.1 Å². The fourth-order valence-corrected chi connectivity index (χ4v) is 11.8. The monoisotopic (exact) mass is 867 g/mol. The topological polar surface area (TPSA) is 194 Å². The standard InChI is InChI=1S/C52H71N3O8/c1-31(58)26-54-27-44-39-7-4-6-35(39)14-19-46-43(44)25-47(55-46)49(60)30-62-51-23-33(12-20-48(51)59)9-15-38-24-37(29-57)50(63-38)8-3-2-5-32-10-17-41(45(53)22-32)42-18-13-36-21-34(28-56)11-16-40(36)52(42)61/h11-13,16,18,20-21,23-25,31-32,35,39,41-42,44-45,49-50,52,54,56-58,60-61,63H,2-10,14-15,17,19,22,26-30,53H2,1H3/p+1/t31-,32+,35+,39-,41-,42-,44-,45+,49-,50?,52+/m0/s1. The molecular formula is C52H72N3O8+. The average Bonchev–Trinajstić information content (AvgIpc) is 4.02. The average molecular weight is 867 g/mol. The lowest BCUT2D eigenvalue weighted by molar-refractivity contribution is -0.0553. The molecule has 3 fully saturated rings. The van der Waals surface area contributed by atoms with Crippen LogP contribution in [-0.2, 0) is 13.0 Å². The van der Waals surface area contributed by atoms with Crippen molar-refractivity contribution in [2.45, 2.75) is 134 Å². The number of nitrogens with zero attached hydrogens (tertiary/aromatic N) is 1. The molecule has 0 spiro atoms. The highest BCUT2D eigenvalue weighted by Crippen LogP contribution is 2.49. The Balaban J connectivity index is 0.765. The van der Waals surface area contributed by atoms with E-state index in [1.54, 1.807) is 13.0 Å². The van der Waals surface area contributed by atoms with Crippen molar-refractivity contribution in [3.05, 3.63) is 100 Å². The summed E-state index contributed by atoms with van der Waals surface area (Å²) in [5, 5.41) is 66.3. The fraction of sp³-hybridized carbons (Fsp3) is 0.596. The zero-order valence-electron chi connectivity index (χ0n) is 37.1. The summed E-state index contributed by atoms with van der Waals surface area (Å²) < 4.78 is 11.1. The molecule has 2 heterocycles. The Morgan fingerprint density at radius 2 is 1.84 bits per heavy atom. The van der Waals surface area contributed by atoms with Crippen LogP contribution in [0.25, 0.3) is 6.08 Å². The van der Waals surface area contributed by atoms with E-state index in [0.717, 1.165) is 104 Å². The smallest absolute Gasteiger partial charge is 0.208 e. The van der Waals surface area contributed by atoms with Crippen LogP contribution < -0.4 is 15.8 Å². The van der Waals surface area contributed by atoms with Gasteiger partial charge in [-0.05, 0) is 116 Å². The first-order chi connectivity index (χ1) is 30.6. The maximum atomic E-state index is 11.3. The molecule has 11 nitrogen and oxygen atoms in total. The summed E-state index contributed by atoms with van der Waals surface area (Å²) in [6.07, 6.45) is 21.7. The van der Waals surface area contributed by atoms with Crippen LogP contribution in [0.3, 0.4) is 0 Å². The van der Waals surface area contributed by atoms with E-state index in [0.29, 0.717) is 54.5 Å². The zero-order valence-corrected chi connectivity index (χ0v) is 37.1. The number of fused-ring (bicyclic) bond motifs is 3. The Morgan fingerprint density at radius 3 is 2.65 bits per heavy atom. The number of phenols is 1. The number of aryl methyl sites for hydroxylation is 1. The van der Waals surface area contributed by atoms with E-state index in [-0.39, 0.29) is 49.6 Å². The van der Waals surface area contributed by atoms with E-state index in [4.69, 9.17) is 20.2 Å². The second-order valence-electron chi connectivity index (χ2n) is 19.5. The highest BCUT2D eigenvalue weighted by atomic mass is 16.5. The SMILES string of the molecule is C[C@H](O)CNC[C@@H]1[C+]2C=C([C@@H](O)COc3cc(CC[C-]4C=C(CO)C(CCCC[C@@H]5CC[C@@H]([C@@H]6C=Cc7cc(CO)ccc7[C@H]6O)[C@H](N)C5)[OH+]4)ccc3O)N=C2CC[C@H]2CCC[C@@H]21. The van der Waals surface area contributed by atoms with E-state index in [9.17, 15) is 30.6 Å². The molecule has 6 aliphatic rings. The van der Waals surface area contributed by atoms with E-state index >= 15 is 0 Å². The third kappa shape index (κ3) is 10.9. The van der Waals surface area contributed by atoms with E-state index in [1.165, 1.54) is 25.2 Å². The molecule has 0 amide bonds. The molecule has 3 saturated carbocycles. The van der Waals surface area contributed by atoms with Crippen molar-refractivity contribution in [3.8, 4) is 11.5 Å². The maximum absolute atomic E-state index is 11.3. The molecule has 63 heavy (non-hydrogen) atoms. The number of aliphatic imine (C=N–C) groups is 1. The van der Waals surface area contributed by atoms with Crippen LogP contribution in [0.1, 0.15) is 119 Å². The van der Waals surface area contributed by atoms with Gasteiger partial charge < -0.3 is 51.2 Å². The number of ether oxygens (including phenoxy) is 2. The molecule has 2 aromatic carbocycles. The number of aliphatic hydroxyl groups excluding tert-OH is 5. The summed E-state index contributed by atoms with van der Waals surface area (Å²) in [4.78, 5) is 4.93. The van der Waals surface area contributed by atoms with E-state index in [1.807, 2.05) is 36.4 Å². The number of hydrogen-bond acceptors (Lipinski definition) is 10. The van der Waals surface area contributed by atoms with Crippen molar-refractivity contribution in [1.82, 2.24) is 5.32 Å². The van der Waals surface area contributed by atoms with Gasteiger partial charge in [-0.3, -0.25) is 0 Å². The quantitative estimate of drug-likeness (QED) is 0.0454. The van der Waals surface area contributed by atoms with Crippen LogP contribution in [0.2, 0.25) is 0 Å². The van der Waals surface area contributed by atoms with E-state index < -0.39 is 18.3 Å². The first-order valence-electron chi connectivity index (χ1n) is 24.0. The highest BCUT2D eigenvalue weighted by molar-refractivity contribution is 6.03. The summed E-state index contributed by atoms with van der Waals surface area (Å²) >= 11 is 0. The molecule has 0 radical (unpaired) electrons. The Morgan fingerprint density at radius 1 is 1.00 bits per heavy atom. The normalized spacial score (nSPS) is 30.0. The van der Waals surface area contributed by atoms with Gasteiger partial charge in [0.15, 0.2) is 17.6 Å². The summed E-state index contributed by atoms with van der Waals surface area (Å²) in [5.74, 6) is 3.98. The van der Waals surface area contributed by atoms with Crippen LogP contribution in [0.4, 0.5) is 0 Å². The third-order valence-electron chi connectivity index (χ3n) is 15.2. The van der Waals surface area contributed by atoms with Gasteiger partial charge in [0.25, 0.3) is 0 Å². The first-order valence-corrected chi connectivity index (χ1v) is 24.0. The lowest BCUT2D eigenvalue weighted by atomic mass is 9.68. The van der Waals surface area contributed by atoms with Gasteiger partial charge >= 0.3 is 0 Å². The second-order valence-corrected chi connectivity index (χ2v) is 19.5. The van der Waals surface area contributed by atoms with Crippen LogP contribution in [0, 0.1) is 47.5 Å². The summed E-state index contributed by atoms with van der Waals surface area (Å²) in [6, 6.07) is 11.2. The van der Waals surface area contributed by atoms with Crippen LogP contribution in [0.5, 0.6) is 11.5 Å². The summed E-state index contributed by atoms with van der Waals surface area (Å²) in [7, 11) is 0. The number of phenolic OH excluding ortho intramolecular Hbond substituents is 1. The number of unbranched alkanes of at least 4 members (excludes halogenated alkanes) is 1. The van der Waals surface area contributed by atoms with Gasteiger partial charge in [-0.25, -0.2) is 0 Å². The highest BCUT2D eigenvalue weighted by Gasteiger charge is 2.49. The van der Waals surface area contributed by atoms with Crippen LogP contribution in [-0.4, -0.2) is 91.7 Å². The van der Waals surface area contributed by atoms with Crippen molar-refractivity contribution in [2.75, 3.05) is 26.3 Å². The number of nitrogens with two attached hydrogens (primary N) is 1. The predicted octanol–water partition coefficient (Wildman–Crippen LogP) is 6.31. The molecule has 10 N–H and O–H groups in total. The number of aliphatic hydroxyl groups is 7. The lowest BCUT2D eigenvalue weighted by Crippen LogP contribution is -2.42. The Labute approximate surface area is 374 Å². The Kier molecular flexibility index (Phi) is 15.4. The van der Waals surface area contributed by atoms with Crippen molar-refractivity contribution in [3.63, 3.8) is 0 Å². The maximum Gasteiger partial charge on any atom is 0.208 e.